The highest BCUT2D eigenvalue weighted by Gasteiger charge is 2.45. The van der Waals surface area contributed by atoms with Crippen LogP contribution in [0.3, 0.4) is 0 Å². The Kier molecular flexibility index (Phi) is 3.75. The second-order valence-corrected chi connectivity index (χ2v) is 9.36. The van der Waals surface area contributed by atoms with Crippen LogP contribution in [0.4, 0.5) is 0 Å². The van der Waals surface area contributed by atoms with E-state index in [1.54, 1.807) is 29.2 Å². The first-order chi connectivity index (χ1) is 11.8. The van der Waals surface area contributed by atoms with Crippen LogP contribution in [0.5, 0.6) is 0 Å². The molecule has 25 heavy (non-hydrogen) atoms. The summed E-state index contributed by atoms with van der Waals surface area (Å²) in [5, 5.41) is -0.369. The Bertz CT molecular complexity index is 976. The van der Waals surface area contributed by atoms with Gasteiger partial charge in [0.2, 0.25) is 5.91 Å². The predicted molar refractivity (Wildman–Crippen MR) is 92.0 cm³/mol. The van der Waals surface area contributed by atoms with Gasteiger partial charge < -0.3 is 9.32 Å². The van der Waals surface area contributed by atoms with Crippen LogP contribution in [0, 0.1) is 0 Å². The zero-order chi connectivity index (χ0) is 17.8. The van der Waals surface area contributed by atoms with Gasteiger partial charge in [0, 0.05) is 18.3 Å². The molecule has 3 heterocycles. The number of hydrogen-bond acceptors (Lipinski definition) is 5. The maximum absolute atomic E-state index is 12.9. The molecule has 0 N–H and O–H groups in total. The number of fused-ring (bicyclic) bond motifs is 3. The van der Waals surface area contributed by atoms with Crippen LogP contribution in [0.1, 0.15) is 25.7 Å². The van der Waals surface area contributed by atoms with Crippen LogP contribution in [0.25, 0.3) is 11.1 Å². The van der Waals surface area contributed by atoms with Crippen molar-refractivity contribution >= 4 is 26.8 Å². The van der Waals surface area contributed by atoms with Crippen molar-refractivity contribution in [1.82, 2.24) is 9.47 Å². The van der Waals surface area contributed by atoms with Crippen molar-refractivity contribution in [3.05, 3.63) is 34.8 Å². The first-order valence-electron chi connectivity index (χ1n) is 8.43. The molecule has 8 heteroatoms. The lowest BCUT2D eigenvalue weighted by molar-refractivity contribution is -0.136. The smallest absolute Gasteiger partial charge is 0.408 e. The fraction of sp³-hybridized carbons (Fsp3) is 0.529. The fourth-order valence-corrected chi connectivity index (χ4v) is 5.41. The Labute approximate surface area is 145 Å². The molecule has 2 aliphatic rings. The van der Waals surface area contributed by atoms with Crippen LogP contribution in [0.2, 0.25) is 0 Å². The second-order valence-electron chi connectivity index (χ2n) is 7.03. The average Bonchev–Trinajstić information content (AvgIpc) is 3.00. The topological polar surface area (TPSA) is 89.6 Å². The van der Waals surface area contributed by atoms with Gasteiger partial charge in [-0.3, -0.25) is 9.36 Å². The van der Waals surface area contributed by atoms with E-state index in [4.69, 9.17) is 4.42 Å². The van der Waals surface area contributed by atoms with Crippen LogP contribution in [-0.4, -0.2) is 47.4 Å². The third-order valence-corrected chi connectivity index (χ3v) is 7.05. The molecule has 0 spiro atoms. The minimum Gasteiger partial charge on any atom is -0.408 e. The van der Waals surface area contributed by atoms with Gasteiger partial charge in [-0.15, -0.1) is 0 Å². The Morgan fingerprint density at radius 3 is 2.48 bits per heavy atom. The minimum atomic E-state index is -3.09. The second kappa shape index (κ2) is 5.72. The lowest BCUT2D eigenvalue weighted by Gasteiger charge is -2.38. The van der Waals surface area contributed by atoms with Crippen LogP contribution >= 0.6 is 0 Å². The number of para-hydroxylation sites is 2. The van der Waals surface area contributed by atoms with Gasteiger partial charge in [0.1, 0.15) is 16.4 Å². The molecule has 1 aromatic carbocycles. The van der Waals surface area contributed by atoms with E-state index < -0.39 is 15.6 Å². The van der Waals surface area contributed by atoms with Gasteiger partial charge in [0.05, 0.1) is 10.8 Å². The summed E-state index contributed by atoms with van der Waals surface area (Å²) in [6.07, 6.45) is 3.89. The highest BCUT2D eigenvalue weighted by atomic mass is 32.2. The molecule has 2 bridgehead atoms. The summed E-state index contributed by atoms with van der Waals surface area (Å²) in [7, 11) is -3.09. The van der Waals surface area contributed by atoms with Crippen molar-refractivity contribution in [2.45, 2.75) is 49.6 Å². The summed E-state index contributed by atoms with van der Waals surface area (Å²) in [4.78, 5) is 26.7. The molecule has 2 atom stereocenters. The summed E-state index contributed by atoms with van der Waals surface area (Å²) in [6.45, 7) is -0.0770. The SMILES string of the molecule is CS(=O)(=O)C1CC2CCC(C1)N2C(=O)Cn1c(=O)oc2ccccc21. The molecule has 2 aromatic rings. The zero-order valence-electron chi connectivity index (χ0n) is 13.9. The van der Waals surface area contributed by atoms with Crippen LogP contribution < -0.4 is 5.76 Å². The number of oxazole rings is 1. The number of hydrogen-bond donors (Lipinski definition) is 0. The molecule has 2 fully saturated rings. The number of sulfone groups is 1. The van der Waals surface area contributed by atoms with Crippen molar-refractivity contribution in [2.75, 3.05) is 6.26 Å². The van der Waals surface area contributed by atoms with E-state index in [9.17, 15) is 18.0 Å². The highest BCUT2D eigenvalue weighted by Crippen LogP contribution is 2.38. The molecule has 7 nitrogen and oxygen atoms in total. The molecule has 0 radical (unpaired) electrons. The van der Waals surface area contributed by atoms with E-state index in [0.29, 0.717) is 23.9 Å². The van der Waals surface area contributed by atoms with E-state index in [0.717, 1.165) is 12.8 Å². The van der Waals surface area contributed by atoms with E-state index in [-0.39, 0.29) is 29.8 Å². The number of rotatable bonds is 3. The summed E-state index contributed by atoms with van der Waals surface area (Å²) < 4.78 is 30.3. The fourth-order valence-electron chi connectivity index (χ4n) is 4.26. The molecule has 1 aromatic heterocycles. The summed E-state index contributed by atoms with van der Waals surface area (Å²) >= 11 is 0. The standard InChI is InChI=1S/C17H20N2O5S/c1-25(22,23)13-8-11-6-7-12(9-13)19(11)16(20)10-18-14-4-2-3-5-15(14)24-17(18)21/h2-5,11-13H,6-10H2,1H3. The number of amides is 1. The predicted octanol–water partition coefficient (Wildman–Crippen LogP) is 1.16. The highest BCUT2D eigenvalue weighted by molar-refractivity contribution is 7.91. The number of carbonyl (C=O) groups excluding carboxylic acids is 1. The Hall–Kier alpha value is -2.09. The lowest BCUT2D eigenvalue weighted by Crippen LogP contribution is -2.50. The molecule has 4 rings (SSSR count). The maximum atomic E-state index is 12.9. The van der Waals surface area contributed by atoms with Gasteiger partial charge in [-0.25, -0.2) is 13.2 Å². The third-order valence-electron chi connectivity index (χ3n) is 5.45. The van der Waals surface area contributed by atoms with Crippen molar-refractivity contribution in [2.24, 2.45) is 0 Å². The zero-order valence-corrected chi connectivity index (χ0v) is 14.7. The largest absolute Gasteiger partial charge is 0.420 e. The van der Waals surface area contributed by atoms with E-state index in [2.05, 4.69) is 0 Å². The molecule has 134 valence electrons. The first-order valence-corrected chi connectivity index (χ1v) is 10.4. The van der Waals surface area contributed by atoms with Gasteiger partial charge in [0.25, 0.3) is 0 Å². The van der Waals surface area contributed by atoms with Gasteiger partial charge in [-0.1, -0.05) is 12.1 Å². The summed E-state index contributed by atoms with van der Waals surface area (Å²) in [6, 6.07) is 6.89. The number of nitrogens with zero attached hydrogens (tertiary/aromatic N) is 2. The first kappa shape index (κ1) is 16.4. The van der Waals surface area contributed by atoms with Gasteiger partial charge in [0.15, 0.2) is 5.58 Å². The average molecular weight is 364 g/mol. The number of benzene rings is 1. The Balaban J connectivity index is 1.58. The normalized spacial score (nSPS) is 26.3. The molecule has 0 aliphatic carbocycles. The molecule has 1 amide bonds. The lowest BCUT2D eigenvalue weighted by atomic mass is 10.0. The molecule has 2 saturated heterocycles. The molecule has 2 unspecified atom stereocenters. The maximum Gasteiger partial charge on any atom is 0.420 e. The number of carbonyl (C=O) groups is 1. The monoisotopic (exact) mass is 364 g/mol. The van der Waals surface area contributed by atoms with Crippen molar-refractivity contribution in [3.63, 3.8) is 0 Å². The van der Waals surface area contributed by atoms with Crippen molar-refractivity contribution in [1.29, 1.82) is 0 Å². The molecular formula is C17H20N2O5S. The van der Waals surface area contributed by atoms with Gasteiger partial charge in [-0.05, 0) is 37.8 Å². The van der Waals surface area contributed by atoms with E-state index in [1.807, 2.05) is 0 Å². The van der Waals surface area contributed by atoms with Crippen LogP contribution in [-0.2, 0) is 21.2 Å². The van der Waals surface area contributed by atoms with Crippen molar-refractivity contribution in [3.8, 4) is 0 Å². The molecular weight excluding hydrogens is 344 g/mol. The van der Waals surface area contributed by atoms with Gasteiger partial charge in [-0.2, -0.15) is 0 Å². The van der Waals surface area contributed by atoms with Crippen molar-refractivity contribution < 1.29 is 17.6 Å². The Morgan fingerprint density at radius 2 is 1.84 bits per heavy atom. The quantitative estimate of drug-likeness (QED) is 0.815. The number of piperidine rings is 1. The van der Waals surface area contributed by atoms with E-state index in [1.165, 1.54) is 10.8 Å². The molecule has 2 aliphatic heterocycles. The number of aromatic nitrogens is 1. The third kappa shape index (κ3) is 2.78. The van der Waals surface area contributed by atoms with Gasteiger partial charge >= 0.3 is 5.76 Å². The van der Waals surface area contributed by atoms with Crippen LogP contribution in [0.15, 0.2) is 33.5 Å². The summed E-state index contributed by atoms with van der Waals surface area (Å²) in [5.41, 5.74) is 1.05. The molecule has 0 saturated carbocycles. The summed E-state index contributed by atoms with van der Waals surface area (Å²) in [5.74, 6) is -0.693. The minimum absolute atomic E-state index is 0.0557. The van der Waals surface area contributed by atoms with E-state index >= 15 is 0 Å². The Morgan fingerprint density at radius 1 is 1.20 bits per heavy atom.